The highest BCUT2D eigenvalue weighted by molar-refractivity contribution is 9.10. The molecule has 0 saturated carbocycles. The van der Waals surface area contributed by atoms with E-state index in [4.69, 9.17) is 9.47 Å². The van der Waals surface area contributed by atoms with Crippen LogP contribution in [-0.2, 0) is 15.0 Å². The van der Waals surface area contributed by atoms with Gasteiger partial charge in [-0.3, -0.25) is 0 Å². The largest absolute Gasteiger partial charge is 0.382 e. The Morgan fingerprint density at radius 3 is 3.06 bits per heavy atom. The van der Waals surface area contributed by atoms with Crippen LogP contribution in [0.2, 0.25) is 0 Å². The first kappa shape index (κ1) is 12.0. The summed E-state index contributed by atoms with van der Waals surface area (Å²) in [6, 6.07) is 8.27. The Bertz CT molecular complexity index is 345. The molecule has 1 atom stereocenters. The molecule has 1 aromatic carbocycles. The summed E-state index contributed by atoms with van der Waals surface area (Å²) in [6.45, 7) is 2.89. The number of nitrogens with one attached hydrogen (secondary N) is 1. The van der Waals surface area contributed by atoms with Crippen LogP contribution in [0.4, 0.5) is 0 Å². The predicted molar refractivity (Wildman–Crippen MR) is 66.5 cm³/mol. The smallest absolute Gasteiger partial charge is 0.0909 e. The number of hydrogen-bond donors (Lipinski definition) is 1. The van der Waals surface area contributed by atoms with Crippen molar-refractivity contribution in [1.82, 2.24) is 5.32 Å². The van der Waals surface area contributed by atoms with Crippen molar-refractivity contribution in [2.75, 3.05) is 33.5 Å². The van der Waals surface area contributed by atoms with E-state index in [2.05, 4.69) is 33.4 Å². The standard InChI is InChI=1S/C12H16BrNO2/c1-15-8-12(9-16-6-5-14-12)10-3-2-4-11(13)7-10/h2-4,7,14H,5-6,8-9H2,1H3. The molecular weight excluding hydrogens is 270 g/mol. The molecule has 1 N–H and O–H groups in total. The molecule has 1 fully saturated rings. The van der Waals surface area contributed by atoms with Crippen molar-refractivity contribution in [2.45, 2.75) is 5.54 Å². The van der Waals surface area contributed by atoms with Crippen LogP contribution in [0.1, 0.15) is 5.56 Å². The van der Waals surface area contributed by atoms with Gasteiger partial charge in [0.2, 0.25) is 0 Å². The van der Waals surface area contributed by atoms with Gasteiger partial charge in [-0.25, -0.2) is 0 Å². The highest BCUT2D eigenvalue weighted by atomic mass is 79.9. The molecule has 1 aliphatic rings. The second-order valence-electron chi connectivity index (χ2n) is 4.00. The number of ether oxygens (including phenoxy) is 2. The number of benzene rings is 1. The predicted octanol–water partition coefficient (Wildman–Crippen LogP) is 1.91. The first-order valence-electron chi connectivity index (χ1n) is 5.35. The SMILES string of the molecule is COCC1(c2cccc(Br)c2)COCCN1. The zero-order valence-electron chi connectivity index (χ0n) is 9.33. The number of methoxy groups -OCH3 is 1. The van der Waals surface area contributed by atoms with Crippen LogP contribution in [0.15, 0.2) is 28.7 Å². The molecule has 3 nitrogen and oxygen atoms in total. The minimum Gasteiger partial charge on any atom is -0.382 e. The lowest BCUT2D eigenvalue weighted by Crippen LogP contribution is -2.54. The van der Waals surface area contributed by atoms with Crippen molar-refractivity contribution >= 4 is 15.9 Å². The molecule has 1 heterocycles. The van der Waals surface area contributed by atoms with Gasteiger partial charge >= 0.3 is 0 Å². The molecular formula is C12H16BrNO2. The van der Waals surface area contributed by atoms with Gasteiger partial charge in [0.25, 0.3) is 0 Å². The van der Waals surface area contributed by atoms with E-state index in [1.165, 1.54) is 5.56 Å². The van der Waals surface area contributed by atoms with Crippen molar-refractivity contribution in [3.8, 4) is 0 Å². The van der Waals surface area contributed by atoms with Crippen LogP contribution in [0, 0.1) is 0 Å². The van der Waals surface area contributed by atoms with Crippen LogP contribution < -0.4 is 5.32 Å². The van der Waals surface area contributed by atoms with E-state index in [1.54, 1.807) is 7.11 Å². The van der Waals surface area contributed by atoms with Gasteiger partial charge in [-0.15, -0.1) is 0 Å². The lowest BCUT2D eigenvalue weighted by Gasteiger charge is -2.38. The summed E-state index contributed by atoms with van der Waals surface area (Å²) in [6.07, 6.45) is 0. The molecule has 0 aliphatic carbocycles. The fourth-order valence-electron chi connectivity index (χ4n) is 2.05. The second kappa shape index (κ2) is 5.27. The molecule has 0 radical (unpaired) electrons. The minimum atomic E-state index is -0.212. The Morgan fingerprint density at radius 2 is 2.44 bits per heavy atom. The van der Waals surface area contributed by atoms with Crippen molar-refractivity contribution < 1.29 is 9.47 Å². The van der Waals surface area contributed by atoms with Gasteiger partial charge in [0.1, 0.15) is 0 Å². The van der Waals surface area contributed by atoms with E-state index in [1.807, 2.05) is 12.1 Å². The molecule has 0 bridgehead atoms. The Hall–Kier alpha value is -0.420. The zero-order valence-corrected chi connectivity index (χ0v) is 10.9. The van der Waals surface area contributed by atoms with Crippen LogP contribution >= 0.6 is 15.9 Å². The second-order valence-corrected chi connectivity index (χ2v) is 4.92. The van der Waals surface area contributed by atoms with E-state index >= 15 is 0 Å². The Kier molecular flexibility index (Phi) is 3.97. The summed E-state index contributed by atoms with van der Waals surface area (Å²) in [5, 5.41) is 3.51. The first-order valence-corrected chi connectivity index (χ1v) is 6.14. The van der Waals surface area contributed by atoms with Crippen LogP contribution in [0.5, 0.6) is 0 Å². The molecule has 1 aliphatic heterocycles. The van der Waals surface area contributed by atoms with Gasteiger partial charge < -0.3 is 14.8 Å². The monoisotopic (exact) mass is 285 g/mol. The van der Waals surface area contributed by atoms with Gasteiger partial charge in [-0.05, 0) is 17.7 Å². The van der Waals surface area contributed by atoms with E-state index in [0.717, 1.165) is 17.6 Å². The lowest BCUT2D eigenvalue weighted by atomic mass is 9.90. The Balaban J connectivity index is 2.30. The number of morpholine rings is 1. The average molecular weight is 286 g/mol. The third kappa shape index (κ3) is 2.46. The molecule has 0 amide bonds. The summed E-state index contributed by atoms with van der Waals surface area (Å²) in [4.78, 5) is 0. The Morgan fingerprint density at radius 1 is 1.56 bits per heavy atom. The van der Waals surface area contributed by atoms with Crippen LogP contribution in [0.3, 0.4) is 0 Å². The fourth-order valence-corrected chi connectivity index (χ4v) is 2.45. The highest BCUT2D eigenvalue weighted by Gasteiger charge is 2.34. The zero-order chi connectivity index (χ0) is 11.4. The van der Waals surface area contributed by atoms with Crippen molar-refractivity contribution in [1.29, 1.82) is 0 Å². The maximum absolute atomic E-state index is 5.57. The molecule has 16 heavy (non-hydrogen) atoms. The summed E-state index contributed by atoms with van der Waals surface area (Å²) in [5.74, 6) is 0. The van der Waals surface area contributed by atoms with Gasteiger partial charge in [0.05, 0.1) is 25.4 Å². The van der Waals surface area contributed by atoms with E-state index in [0.29, 0.717) is 13.2 Å². The molecule has 1 saturated heterocycles. The maximum atomic E-state index is 5.57. The van der Waals surface area contributed by atoms with Crippen LogP contribution in [-0.4, -0.2) is 33.5 Å². The van der Waals surface area contributed by atoms with E-state index in [-0.39, 0.29) is 5.54 Å². The summed E-state index contributed by atoms with van der Waals surface area (Å²) in [7, 11) is 1.72. The molecule has 0 aromatic heterocycles. The van der Waals surface area contributed by atoms with Crippen molar-refractivity contribution in [2.24, 2.45) is 0 Å². The molecule has 1 unspecified atom stereocenters. The lowest BCUT2D eigenvalue weighted by molar-refractivity contribution is -0.0147. The Labute approximate surface area is 104 Å². The molecule has 88 valence electrons. The molecule has 2 rings (SSSR count). The van der Waals surface area contributed by atoms with Crippen LogP contribution in [0.25, 0.3) is 0 Å². The quantitative estimate of drug-likeness (QED) is 0.920. The third-order valence-corrected chi connectivity index (χ3v) is 3.32. The van der Waals surface area contributed by atoms with E-state index in [9.17, 15) is 0 Å². The van der Waals surface area contributed by atoms with E-state index < -0.39 is 0 Å². The normalized spacial score (nSPS) is 25.6. The number of halogens is 1. The fraction of sp³-hybridized carbons (Fsp3) is 0.500. The minimum absolute atomic E-state index is 0.212. The first-order chi connectivity index (χ1) is 7.77. The highest BCUT2D eigenvalue weighted by Crippen LogP contribution is 2.26. The number of rotatable bonds is 3. The topological polar surface area (TPSA) is 30.5 Å². The van der Waals surface area contributed by atoms with Gasteiger partial charge in [-0.1, -0.05) is 28.1 Å². The third-order valence-electron chi connectivity index (χ3n) is 2.83. The molecule has 0 spiro atoms. The van der Waals surface area contributed by atoms with Crippen molar-refractivity contribution in [3.63, 3.8) is 0 Å². The van der Waals surface area contributed by atoms with Crippen molar-refractivity contribution in [3.05, 3.63) is 34.3 Å². The molecule has 4 heteroatoms. The van der Waals surface area contributed by atoms with Gasteiger partial charge in [0.15, 0.2) is 0 Å². The summed E-state index contributed by atoms with van der Waals surface area (Å²) < 4.78 is 12.0. The summed E-state index contributed by atoms with van der Waals surface area (Å²) >= 11 is 3.49. The molecule has 1 aromatic rings. The average Bonchev–Trinajstić information content (AvgIpc) is 2.31. The maximum Gasteiger partial charge on any atom is 0.0909 e. The van der Waals surface area contributed by atoms with Gasteiger partial charge in [0, 0.05) is 18.1 Å². The number of hydrogen-bond acceptors (Lipinski definition) is 3. The van der Waals surface area contributed by atoms with Gasteiger partial charge in [-0.2, -0.15) is 0 Å². The summed E-state index contributed by atoms with van der Waals surface area (Å²) in [5.41, 5.74) is 0.986.